The van der Waals surface area contributed by atoms with Crippen molar-refractivity contribution in [3.63, 3.8) is 0 Å². The molecule has 4 heteroatoms. The van der Waals surface area contributed by atoms with Crippen molar-refractivity contribution in [2.45, 2.75) is 26.4 Å². The molecule has 1 amide bonds. The lowest BCUT2D eigenvalue weighted by Gasteiger charge is -2.12. The summed E-state index contributed by atoms with van der Waals surface area (Å²) in [6.07, 6.45) is 2.34. The van der Waals surface area contributed by atoms with E-state index in [4.69, 9.17) is 4.74 Å². The van der Waals surface area contributed by atoms with Gasteiger partial charge in [0.25, 0.3) is 0 Å². The van der Waals surface area contributed by atoms with Gasteiger partial charge in [0, 0.05) is 30.3 Å². The van der Waals surface area contributed by atoms with E-state index < -0.39 is 0 Å². The number of hydrogen-bond acceptors (Lipinski definition) is 2. The van der Waals surface area contributed by atoms with Gasteiger partial charge in [0.05, 0.1) is 12.5 Å². The van der Waals surface area contributed by atoms with Gasteiger partial charge in [-0.25, -0.2) is 0 Å². The Hall–Kier alpha value is -1.81. The molecule has 0 fully saturated rings. The lowest BCUT2D eigenvalue weighted by molar-refractivity contribution is -0.121. The van der Waals surface area contributed by atoms with E-state index in [1.165, 1.54) is 0 Å². The van der Waals surface area contributed by atoms with Gasteiger partial charge in [-0.3, -0.25) is 4.79 Å². The van der Waals surface area contributed by atoms with Gasteiger partial charge in [-0.05, 0) is 25.5 Å². The molecule has 102 valence electrons. The number of nitrogens with one attached hydrogen (secondary N) is 2. The van der Waals surface area contributed by atoms with Crippen LogP contribution in [0.4, 0.5) is 0 Å². The minimum atomic E-state index is 0.0244. The van der Waals surface area contributed by atoms with Gasteiger partial charge in [-0.1, -0.05) is 18.2 Å². The number of ether oxygens (including phenoxy) is 1. The zero-order chi connectivity index (χ0) is 13.7. The van der Waals surface area contributed by atoms with E-state index in [1.54, 1.807) is 0 Å². The minimum absolute atomic E-state index is 0.0244. The van der Waals surface area contributed by atoms with Gasteiger partial charge in [-0.15, -0.1) is 0 Å². The van der Waals surface area contributed by atoms with Gasteiger partial charge in [0.1, 0.15) is 0 Å². The molecule has 4 nitrogen and oxygen atoms in total. The van der Waals surface area contributed by atoms with Crippen LogP contribution in [-0.2, 0) is 16.0 Å². The number of fused-ring (bicyclic) bond motifs is 1. The Labute approximate surface area is 113 Å². The largest absolute Gasteiger partial charge is 0.377 e. The molecule has 0 aliphatic rings. The van der Waals surface area contributed by atoms with Crippen molar-refractivity contribution < 1.29 is 9.53 Å². The summed E-state index contributed by atoms with van der Waals surface area (Å²) in [4.78, 5) is 15.1. The summed E-state index contributed by atoms with van der Waals surface area (Å²) >= 11 is 0. The highest BCUT2D eigenvalue weighted by atomic mass is 16.5. The van der Waals surface area contributed by atoms with Gasteiger partial charge in [-0.2, -0.15) is 0 Å². The highest BCUT2D eigenvalue weighted by molar-refractivity contribution is 5.88. The van der Waals surface area contributed by atoms with Gasteiger partial charge >= 0.3 is 0 Å². The minimum Gasteiger partial charge on any atom is -0.377 e. The fraction of sp³-hybridized carbons (Fsp3) is 0.400. The maximum Gasteiger partial charge on any atom is 0.224 e. The number of carbonyl (C=O) groups is 1. The third kappa shape index (κ3) is 3.58. The van der Waals surface area contributed by atoms with E-state index in [0.29, 0.717) is 19.6 Å². The number of carbonyl (C=O) groups excluding carboxylic acids is 1. The molecule has 1 aromatic heterocycles. The normalized spacial score (nSPS) is 12.5. The first-order chi connectivity index (χ1) is 9.20. The van der Waals surface area contributed by atoms with E-state index in [0.717, 1.165) is 16.5 Å². The number of hydrogen-bond donors (Lipinski definition) is 2. The van der Waals surface area contributed by atoms with Crippen molar-refractivity contribution in [3.05, 3.63) is 36.0 Å². The van der Waals surface area contributed by atoms with Crippen LogP contribution in [0.3, 0.4) is 0 Å². The van der Waals surface area contributed by atoms with E-state index in [1.807, 2.05) is 44.3 Å². The van der Waals surface area contributed by atoms with Crippen molar-refractivity contribution in [3.8, 4) is 0 Å². The lowest BCUT2D eigenvalue weighted by Crippen LogP contribution is -2.33. The Morgan fingerprint density at radius 1 is 1.42 bits per heavy atom. The molecule has 1 heterocycles. The molecule has 2 rings (SSSR count). The molecule has 0 saturated heterocycles. The summed E-state index contributed by atoms with van der Waals surface area (Å²) in [6.45, 7) is 5.12. The maximum absolute atomic E-state index is 11.9. The molecule has 19 heavy (non-hydrogen) atoms. The number of para-hydroxylation sites is 1. The second-order valence-electron chi connectivity index (χ2n) is 4.61. The van der Waals surface area contributed by atoms with Crippen molar-refractivity contribution in [1.29, 1.82) is 0 Å². The Bertz CT molecular complexity index is 548. The monoisotopic (exact) mass is 260 g/mol. The number of H-pyrrole nitrogens is 1. The number of aromatic amines is 1. The molecular formula is C15H20N2O2. The first kappa shape index (κ1) is 13.6. The van der Waals surface area contributed by atoms with E-state index >= 15 is 0 Å². The molecule has 1 aromatic carbocycles. The van der Waals surface area contributed by atoms with E-state index in [2.05, 4.69) is 10.3 Å². The predicted octanol–water partition coefficient (Wildman–Crippen LogP) is 2.25. The molecule has 1 unspecified atom stereocenters. The molecule has 1 atom stereocenters. The quantitative estimate of drug-likeness (QED) is 0.837. The maximum atomic E-state index is 11.9. The fourth-order valence-corrected chi connectivity index (χ4v) is 2.11. The first-order valence-electron chi connectivity index (χ1n) is 6.64. The topological polar surface area (TPSA) is 54.1 Å². The second kappa shape index (κ2) is 6.38. The molecular weight excluding hydrogens is 240 g/mol. The van der Waals surface area contributed by atoms with Crippen molar-refractivity contribution >= 4 is 16.8 Å². The zero-order valence-electron chi connectivity index (χ0n) is 11.4. The smallest absolute Gasteiger partial charge is 0.224 e. The fourth-order valence-electron chi connectivity index (χ4n) is 2.11. The Kier molecular flexibility index (Phi) is 4.58. The molecule has 0 radical (unpaired) electrons. The molecule has 0 aliphatic heterocycles. The summed E-state index contributed by atoms with van der Waals surface area (Å²) in [5, 5.41) is 4.00. The van der Waals surface area contributed by atoms with E-state index in [9.17, 15) is 4.79 Å². The summed E-state index contributed by atoms with van der Waals surface area (Å²) in [5.41, 5.74) is 2.09. The third-order valence-corrected chi connectivity index (χ3v) is 3.06. The van der Waals surface area contributed by atoms with Crippen molar-refractivity contribution in [2.24, 2.45) is 0 Å². The average molecular weight is 260 g/mol. The van der Waals surface area contributed by atoms with Crippen LogP contribution < -0.4 is 5.32 Å². The van der Waals surface area contributed by atoms with Crippen molar-refractivity contribution in [1.82, 2.24) is 10.3 Å². The van der Waals surface area contributed by atoms with Crippen LogP contribution in [0.25, 0.3) is 10.9 Å². The summed E-state index contributed by atoms with van der Waals surface area (Å²) < 4.78 is 5.38. The second-order valence-corrected chi connectivity index (χ2v) is 4.61. The predicted molar refractivity (Wildman–Crippen MR) is 76.1 cm³/mol. The highest BCUT2D eigenvalue weighted by Crippen LogP contribution is 2.17. The van der Waals surface area contributed by atoms with Gasteiger partial charge in [0.15, 0.2) is 0 Å². The Morgan fingerprint density at radius 2 is 2.21 bits per heavy atom. The summed E-state index contributed by atoms with van der Waals surface area (Å²) in [7, 11) is 0. The van der Waals surface area contributed by atoms with E-state index in [-0.39, 0.29) is 12.0 Å². The number of amides is 1. The van der Waals surface area contributed by atoms with Crippen LogP contribution in [-0.4, -0.2) is 30.1 Å². The molecule has 0 spiro atoms. The van der Waals surface area contributed by atoms with Crippen LogP contribution >= 0.6 is 0 Å². The average Bonchev–Trinajstić information content (AvgIpc) is 2.80. The molecule has 0 aliphatic carbocycles. The van der Waals surface area contributed by atoms with Crippen molar-refractivity contribution in [2.75, 3.05) is 13.2 Å². The van der Waals surface area contributed by atoms with Crippen LogP contribution in [0.5, 0.6) is 0 Å². The summed E-state index contributed by atoms with van der Waals surface area (Å²) in [5.74, 6) is 0.0244. The Balaban J connectivity index is 1.92. The lowest BCUT2D eigenvalue weighted by atomic mass is 10.1. The SMILES string of the molecule is CCOC(C)CNC(=O)Cc1c[nH]c2ccccc12. The Morgan fingerprint density at radius 3 is 3.00 bits per heavy atom. The van der Waals surface area contributed by atoms with Gasteiger partial charge in [0.2, 0.25) is 5.91 Å². The molecule has 0 bridgehead atoms. The molecule has 2 N–H and O–H groups in total. The number of benzene rings is 1. The third-order valence-electron chi connectivity index (χ3n) is 3.06. The molecule has 2 aromatic rings. The van der Waals surface area contributed by atoms with Crippen LogP contribution in [0, 0.1) is 0 Å². The highest BCUT2D eigenvalue weighted by Gasteiger charge is 2.09. The number of rotatable bonds is 6. The van der Waals surface area contributed by atoms with Gasteiger partial charge < -0.3 is 15.0 Å². The van der Waals surface area contributed by atoms with Crippen LogP contribution in [0.1, 0.15) is 19.4 Å². The van der Waals surface area contributed by atoms with Crippen LogP contribution in [0.2, 0.25) is 0 Å². The summed E-state index contributed by atoms with van der Waals surface area (Å²) in [6, 6.07) is 7.99. The standard InChI is InChI=1S/C15H20N2O2/c1-3-19-11(2)9-17-15(18)8-12-10-16-14-7-5-4-6-13(12)14/h4-7,10-11,16H,3,8-9H2,1-2H3,(H,17,18). The number of aromatic nitrogens is 1. The zero-order valence-corrected chi connectivity index (χ0v) is 11.4. The first-order valence-corrected chi connectivity index (χ1v) is 6.64. The molecule has 0 saturated carbocycles. The van der Waals surface area contributed by atoms with Crippen LogP contribution in [0.15, 0.2) is 30.5 Å².